The Bertz CT molecular complexity index is 511. The molecule has 0 aliphatic carbocycles. The number of phenols is 2. The van der Waals surface area contributed by atoms with E-state index in [0.717, 1.165) is 11.1 Å². The zero-order chi connectivity index (χ0) is 11.1. The fourth-order valence-electron chi connectivity index (χ4n) is 1.69. The summed E-state index contributed by atoms with van der Waals surface area (Å²) in [5, 5.41) is 18.6. The molecule has 0 aromatic heterocycles. The molecule has 0 spiro atoms. The molecular weight excluding hydrogens is 208 g/mol. The topological polar surface area (TPSA) is 58.9 Å². The maximum Gasteiger partial charge on any atom is 0.190 e. The molecule has 0 fully saturated rings. The molecule has 16 heavy (non-hydrogen) atoms. The Balaban J connectivity index is 2.23. The van der Waals surface area contributed by atoms with Gasteiger partial charge in [-0.05, 0) is 24.3 Å². The first-order chi connectivity index (χ1) is 7.74. The number of hydrogen-bond acceptors (Lipinski definition) is 4. The lowest BCUT2D eigenvalue weighted by atomic mass is 10.0. The van der Waals surface area contributed by atoms with Crippen LogP contribution < -0.4 is 9.78 Å². The first-order valence-corrected chi connectivity index (χ1v) is 4.75. The van der Waals surface area contributed by atoms with Crippen molar-refractivity contribution in [2.24, 2.45) is 0 Å². The van der Waals surface area contributed by atoms with Crippen molar-refractivity contribution in [3.8, 4) is 34.1 Å². The zero-order valence-electron chi connectivity index (χ0n) is 8.18. The minimum atomic E-state index is 0.115. The van der Waals surface area contributed by atoms with Gasteiger partial charge in [-0.1, -0.05) is 0 Å². The molecule has 2 aromatic carbocycles. The second kappa shape index (κ2) is 3.06. The normalized spacial score (nSPS) is 12.0. The van der Waals surface area contributed by atoms with E-state index in [2.05, 4.69) is 0 Å². The molecule has 0 saturated heterocycles. The van der Waals surface area contributed by atoms with E-state index in [-0.39, 0.29) is 11.5 Å². The van der Waals surface area contributed by atoms with Gasteiger partial charge < -0.3 is 10.2 Å². The zero-order valence-corrected chi connectivity index (χ0v) is 8.18. The predicted molar refractivity (Wildman–Crippen MR) is 56.5 cm³/mol. The quantitative estimate of drug-likeness (QED) is 0.664. The highest BCUT2D eigenvalue weighted by Crippen LogP contribution is 2.43. The number of phenolic OH excluding ortho intramolecular Hbond substituents is 2. The SMILES string of the molecule is Oc1ccc2c(c1)OOc1cc(O)ccc1-2. The molecule has 2 N–H and O–H groups in total. The summed E-state index contributed by atoms with van der Waals surface area (Å²) in [4.78, 5) is 10.0. The third-order valence-corrected chi connectivity index (χ3v) is 2.44. The van der Waals surface area contributed by atoms with E-state index in [0.29, 0.717) is 11.5 Å². The maximum absolute atomic E-state index is 9.30. The van der Waals surface area contributed by atoms with Crippen LogP contribution in [0.15, 0.2) is 36.4 Å². The smallest absolute Gasteiger partial charge is 0.190 e. The molecule has 1 aliphatic rings. The standard InChI is InChI=1S/C12H8O4/c13-7-1-3-9-10-4-2-8(14)6-12(10)16-15-11(9)5-7/h1-6,13-14H. The summed E-state index contributed by atoms with van der Waals surface area (Å²) in [6, 6.07) is 9.58. The van der Waals surface area contributed by atoms with Crippen LogP contribution in [0.1, 0.15) is 0 Å². The van der Waals surface area contributed by atoms with Crippen LogP contribution in [0.5, 0.6) is 23.0 Å². The summed E-state index contributed by atoms with van der Waals surface area (Å²) in [6.45, 7) is 0. The molecule has 0 unspecified atom stereocenters. The lowest BCUT2D eigenvalue weighted by Crippen LogP contribution is -2.07. The molecule has 0 atom stereocenters. The van der Waals surface area contributed by atoms with Crippen LogP contribution in [0.2, 0.25) is 0 Å². The van der Waals surface area contributed by atoms with Crippen LogP contribution in [-0.2, 0) is 0 Å². The predicted octanol–water partition coefficient (Wildman–Crippen LogP) is 2.45. The number of hydrogen-bond donors (Lipinski definition) is 2. The van der Waals surface area contributed by atoms with Gasteiger partial charge in [-0.25, -0.2) is 0 Å². The fraction of sp³-hybridized carbons (Fsp3) is 0. The average molecular weight is 216 g/mol. The van der Waals surface area contributed by atoms with Gasteiger partial charge in [0.1, 0.15) is 11.5 Å². The molecule has 0 amide bonds. The molecular formula is C12H8O4. The Morgan fingerprint density at radius 3 is 1.56 bits per heavy atom. The summed E-state index contributed by atoms with van der Waals surface area (Å²) in [5.41, 5.74) is 1.64. The third-order valence-electron chi connectivity index (χ3n) is 2.44. The van der Waals surface area contributed by atoms with Crippen molar-refractivity contribution in [2.75, 3.05) is 0 Å². The van der Waals surface area contributed by atoms with E-state index in [1.807, 2.05) is 0 Å². The number of benzene rings is 2. The Kier molecular flexibility index (Phi) is 1.71. The van der Waals surface area contributed by atoms with E-state index in [4.69, 9.17) is 9.78 Å². The Hall–Kier alpha value is -2.36. The summed E-state index contributed by atoms with van der Waals surface area (Å²) in [7, 11) is 0. The van der Waals surface area contributed by atoms with Crippen molar-refractivity contribution in [1.29, 1.82) is 0 Å². The summed E-state index contributed by atoms with van der Waals surface area (Å²) < 4.78 is 0. The van der Waals surface area contributed by atoms with E-state index in [9.17, 15) is 10.2 Å². The van der Waals surface area contributed by atoms with E-state index in [1.54, 1.807) is 24.3 Å². The van der Waals surface area contributed by atoms with Gasteiger partial charge in [0.2, 0.25) is 0 Å². The second-order valence-corrected chi connectivity index (χ2v) is 3.53. The van der Waals surface area contributed by atoms with Crippen molar-refractivity contribution < 1.29 is 20.0 Å². The maximum atomic E-state index is 9.30. The highest BCUT2D eigenvalue weighted by atomic mass is 17.2. The van der Waals surface area contributed by atoms with E-state index >= 15 is 0 Å². The van der Waals surface area contributed by atoms with Crippen LogP contribution in [0, 0.1) is 0 Å². The third kappa shape index (κ3) is 1.24. The van der Waals surface area contributed by atoms with Gasteiger partial charge in [-0.15, -0.1) is 0 Å². The molecule has 1 heterocycles. The molecule has 0 bridgehead atoms. The van der Waals surface area contributed by atoms with Crippen LogP contribution >= 0.6 is 0 Å². The molecule has 4 nitrogen and oxygen atoms in total. The van der Waals surface area contributed by atoms with Gasteiger partial charge in [0.15, 0.2) is 11.5 Å². The first-order valence-electron chi connectivity index (χ1n) is 4.75. The lowest BCUT2D eigenvalue weighted by Gasteiger charge is -2.18. The molecule has 3 rings (SSSR count). The molecule has 1 aliphatic heterocycles. The molecule has 2 aromatic rings. The van der Waals surface area contributed by atoms with Gasteiger partial charge in [0.05, 0.1) is 0 Å². The van der Waals surface area contributed by atoms with Gasteiger partial charge in [-0.3, -0.25) is 9.78 Å². The van der Waals surface area contributed by atoms with Gasteiger partial charge >= 0.3 is 0 Å². The van der Waals surface area contributed by atoms with Gasteiger partial charge in [0.25, 0.3) is 0 Å². The van der Waals surface area contributed by atoms with Crippen LogP contribution in [-0.4, -0.2) is 10.2 Å². The number of rotatable bonds is 0. The molecule has 4 heteroatoms. The summed E-state index contributed by atoms with van der Waals surface area (Å²) >= 11 is 0. The minimum absolute atomic E-state index is 0.115. The van der Waals surface area contributed by atoms with Gasteiger partial charge in [0, 0.05) is 23.3 Å². The molecule has 0 saturated carbocycles. The Morgan fingerprint density at radius 1 is 0.688 bits per heavy atom. The van der Waals surface area contributed by atoms with Crippen molar-refractivity contribution in [3.05, 3.63) is 36.4 Å². The van der Waals surface area contributed by atoms with Crippen LogP contribution in [0.4, 0.5) is 0 Å². The van der Waals surface area contributed by atoms with Crippen molar-refractivity contribution >= 4 is 0 Å². The lowest BCUT2D eigenvalue weighted by molar-refractivity contribution is -0.103. The molecule has 80 valence electrons. The summed E-state index contributed by atoms with van der Waals surface area (Å²) in [6.07, 6.45) is 0. The second-order valence-electron chi connectivity index (χ2n) is 3.53. The van der Waals surface area contributed by atoms with Crippen molar-refractivity contribution in [2.45, 2.75) is 0 Å². The van der Waals surface area contributed by atoms with Crippen molar-refractivity contribution in [1.82, 2.24) is 0 Å². The Labute approximate surface area is 91.2 Å². The first kappa shape index (κ1) is 8.91. The highest BCUT2D eigenvalue weighted by Gasteiger charge is 2.20. The fourth-order valence-corrected chi connectivity index (χ4v) is 1.69. The highest BCUT2D eigenvalue weighted by molar-refractivity contribution is 5.78. The summed E-state index contributed by atoms with van der Waals surface area (Å²) in [5.74, 6) is 1.14. The van der Waals surface area contributed by atoms with Crippen LogP contribution in [0.3, 0.4) is 0 Å². The van der Waals surface area contributed by atoms with Crippen molar-refractivity contribution in [3.63, 3.8) is 0 Å². The monoisotopic (exact) mass is 216 g/mol. The number of fused-ring (bicyclic) bond motifs is 3. The van der Waals surface area contributed by atoms with E-state index < -0.39 is 0 Å². The molecule has 0 radical (unpaired) electrons. The minimum Gasteiger partial charge on any atom is -0.508 e. The number of aromatic hydroxyl groups is 2. The Morgan fingerprint density at radius 2 is 1.12 bits per heavy atom. The average Bonchev–Trinajstić information content (AvgIpc) is 2.28. The van der Waals surface area contributed by atoms with Gasteiger partial charge in [-0.2, -0.15) is 0 Å². The van der Waals surface area contributed by atoms with E-state index in [1.165, 1.54) is 12.1 Å². The van der Waals surface area contributed by atoms with Crippen LogP contribution in [0.25, 0.3) is 11.1 Å². The largest absolute Gasteiger partial charge is 0.508 e.